The molecule has 0 aliphatic carbocycles. The van der Waals surface area contributed by atoms with Crippen molar-refractivity contribution in [2.24, 2.45) is 0 Å². The van der Waals surface area contributed by atoms with Gasteiger partial charge >= 0.3 is 0 Å². The Morgan fingerprint density at radius 1 is 1.44 bits per heavy atom. The molecule has 0 unspecified atom stereocenters. The number of aromatic amines is 1. The first kappa shape index (κ1) is 6.75. The Bertz CT molecular complexity index is 191. The zero-order valence-electron chi connectivity index (χ0n) is 5.68. The Morgan fingerprint density at radius 2 is 2.11 bits per heavy atom. The van der Waals surface area contributed by atoms with E-state index in [1.54, 1.807) is 0 Å². The molecule has 1 nitrogen and oxygen atoms in total. The van der Waals surface area contributed by atoms with E-state index in [0.29, 0.717) is 5.92 Å². The van der Waals surface area contributed by atoms with Gasteiger partial charge in [-0.15, -0.1) is 12.6 Å². The lowest BCUT2D eigenvalue weighted by Crippen LogP contribution is -1.82. The van der Waals surface area contributed by atoms with Crippen LogP contribution in [0.2, 0.25) is 0 Å². The van der Waals surface area contributed by atoms with Crippen LogP contribution in [0.25, 0.3) is 0 Å². The van der Waals surface area contributed by atoms with Crippen molar-refractivity contribution in [3.05, 3.63) is 18.0 Å². The van der Waals surface area contributed by atoms with Crippen LogP contribution in [0.5, 0.6) is 0 Å². The fraction of sp³-hybridized carbons (Fsp3) is 0.429. The summed E-state index contributed by atoms with van der Waals surface area (Å²) in [5.41, 5.74) is 1.29. The molecule has 1 aromatic rings. The van der Waals surface area contributed by atoms with E-state index >= 15 is 0 Å². The summed E-state index contributed by atoms with van der Waals surface area (Å²) in [5.74, 6) is 0.573. The van der Waals surface area contributed by atoms with Crippen molar-refractivity contribution >= 4 is 12.6 Å². The Kier molecular flexibility index (Phi) is 1.86. The highest BCUT2D eigenvalue weighted by Gasteiger charge is 2.02. The Labute approximate surface area is 60.9 Å². The smallest absolute Gasteiger partial charge is 0.0250 e. The molecule has 0 atom stereocenters. The second-order valence-corrected chi connectivity index (χ2v) is 2.93. The van der Waals surface area contributed by atoms with Gasteiger partial charge in [-0.2, -0.15) is 0 Å². The summed E-state index contributed by atoms with van der Waals surface area (Å²) in [6, 6.07) is 0. The van der Waals surface area contributed by atoms with Gasteiger partial charge in [-0.1, -0.05) is 13.8 Å². The number of aromatic nitrogens is 1. The molecule has 0 spiro atoms. The molecular weight excluding hydrogens is 130 g/mol. The van der Waals surface area contributed by atoms with Gasteiger partial charge in [0.25, 0.3) is 0 Å². The van der Waals surface area contributed by atoms with E-state index in [2.05, 4.69) is 31.5 Å². The van der Waals surface area contributed by atoms with Crippen LogP contribution in [-0.4, -0.2) is 4.98 Å². The maximum atomic E-state index is 4.26. The van der Waals surface area contributed by atoms with Crippen molar-refractivity contribution in [3.63, 3.8) is 0 Å². The van der Waals surface area contributed by atoms with E-state index in [1.165, 1.54) is 5.56 Å². The van der Waals surface area contributed by atoms with Gasteiger partial charge in [0, 0.05) is 17.3 Å². The molecule has 1 rings (SSSR count). The van der Waals surface area contributed by atoms with Crippen molar-refractivity contribution in [2.75, 3.05) is 0 Å². The first-order valence-corrected chi connectivity index (χ1v) is 3.52. The van der Waals surface area contributed by atoms with Gasteiger partial charge in [0.1, 0.15) is 0 Å². The normalized spacial score (nSPS) is 10.7. The Balaban J connectivity index is 2.94. The first-order chi connectivity index (χ1) is 4.22. The maximum Gasteiger partial charge on any atom is 0.0250 e. The second-order valence-electron chi connectivity index (χ2n) is 2.45. The molecule has 50 valence electrons. The third-order valence-corrected chi connectivity index (χ3v) is 1.76. The minimum atomic E-state index is 0.573. The average molecular weight is 141 g/mol. The molecular formula is C7H11NS. The van der Waals surface area contributed by atoms with Crippen LogP contribution in [0.1, 0.15) is 25.3 Å². The second kappa shape index (κ2) is 2.48. The van der Waals surface area contributed by atoms with Gasteiger partial charge in [-0.05, 0) is 11.5 Å². The summed E-state index contributed by atoms with van der Waals surface area (Å²) in [5, 5.41) is 0. The predicted molar refractivity (Wildman–Crippen MR) is 42.1 cm³/mol. The highest BCUT2D eigenvalue weighted by atomic mass is 32.1. The van der Waals surface area contributed by atoms with Gasteiger partial charge in [0.05, 0.1) is 0 Å². The van der Waals surface area contributed by atoms with Crippen molar-refractivity contribution < 1.29 is 0 Å². The van der Waals surface area contributed by atoms with Crippen LogP contribution in [0.3, 0.4) is 0 Å². The van der Waals surface area contributed by atoms with Crippen molar-refractivity contribution in [2.45, 2.75) is 24.7 Å². The van der Waals surface area contributed by atoms with Crippen molar-refractivity contribution in [3.8, 4) is 0 Å². The van der Waals surface area contributed by atoms with Crippen LogP contribution in [-0.2, 0) is 0 Å². The molecule has 0 aromatic carbocycles. The van der Waals surface area contributed by atoms with Crippen molar-refractivity contribution in [1.29, 1.82) is 0 Å². The fourth-order valence-electron chi connectivity index (χ4n) is 0.830. The highest BCUT2D eigenvalue weighted by Crippen LogP contribution is 2.20. The summed E-state index contributed by atoms with van der Waals surface area (Å²) < 4.78 is 0. The molecule has 1 heterocycles. The van der Waals surface area contributed by atoms with Crippen molar-refractivity contribution in [1.82, 2.24) is 4.98 Å². The van der Waals surface area contributed by atoms with E-state index in [1.807, 2.05) is 12.4 Å². The lowest BCUT2D eigenvalue weighted by atomic mass is 10.1. The van der Waals surface area contributed by atoms with Crippen LogP contribution >= 0.6 is 12.6 Å². The molecule has 0 saturated carbocycles. The molecule has 0 bridgehead atoms. The number of thiol groups is 1. The van der Waals surface area contributed by atoms with E-state index in [9.17, 15) is 0 Å². The molecule has 0 saturated heterocycles. The number of hydrogen-bond acceptors (Lipinski definition) is 1. The zero-order chi connectivity index (χ0) is 6.85. The highest BCUT2D eigenvalue weighted by molar-refractivity contribution is 7.80. The summed E-state index contributed by atoms with van der Waals surface area (Å²) in [6.07, 6.45) is 3.89. The number of nitrogens with one attached hydrogen (secondary N) is 1. The largest absolute Gasteiger partial charge is 0.366 e. The predicted octanol–water partition coefficient (Wildman–Crippen LogP) is 2.43. The molecule has 9 heavy (non-hydrogen) atoms. The molecule has 0 aliphatic rings. The fourth-order valence-corrected chi connectivity index (χ4v) is 1.23. The van der Waals surface area contributed by atoms with E-state index in [-0.39, 0.29) is 0 Å². The third-order valence-electron chi connectivity index (χ3n) is 1.38. The van der Waals surface area contributed by atoms with Crippen LogP contribution in [0.4, 0.5) is 0 Å². The molecule has 1 aromatic heterocycles. The lowest BCUT2D eigenvalue weighted by molar-refractivity contribution is 0.849. The first-order valence-electron chi connectivity index (χ1n) is 3.07. The van der Waals surface area contributed by atoms with Gasteiger partial charge in [-0.3, -0.25) is 0 Å². The van der Waals surface area contributed by atoms with Gasteiger partial charge < -0.3 is 4.98 Å². The Hall–Kier alpha value is -0.370. The van der Waals surface area contributed by atoms with Gasteiger partial charge in [0.15, 0.2) is 0 Å². The number of rotatable bonds is 1. The summed E-state index contributed by atoms with van der Waals surface area (Å²) in [7, 11) is 0. The van der Waals surface area contributed by atoms with Crippen LogP contribution < -0.4 is 0 Å². The summed E-state index contributed by atoms with van der Waals surface area (Å²) in [6.45, 7) is 4.31. The van der Waals surface area contributed by atoms with Gasteiger partial charge in [-0.25, -0.2) is 0 Å². The number of H-pyrrole nitrogens is 1. The lowest BCUT2D eigenvalue weighted by Gasteiger charge is -2.00. The summed E-state index contributed by atoms with van der Waals surface area (Å²) in [4.78, 5) is 4.06. The molecule has 0 radical (unpaired) electrons. The monoisotopic (exact) mass is 141 g/mol. The molecule has 0 aliphatic heterocycles. The van der Waals surface area contributed by atoms with Crippen LogP contribution in [0.15, 0.2) is 17.3 Å². The number of hydrogen-bond donors (Lipinski definition) is 2. The quantitative estimate of drug-likeness (QED) is 0.559. The summed E-state index contributed by atoms with van der Waals surface area (Å²) >= 11 is 4.26. The molecule has 0 fully saturated rings. The standard InChI is InChI=1S/C7H11NS/c1-5(2)6-3-8-4-7(6)9/h3-5,8-9H,1-2H3. The molecule has 2 heteroatoms. The van der Waals surface area contributed by atoms with E-state index in [0.717, 1.165) is 4.90 Å². The Morgan fingerprint density at radius 3 is 2.33 bits per heavy atom. The molecule has 0 amide bonds. The van der Waals surface area contributed by atoms with Gasteiger partial charge in [0.2, 0.25) is 0 Å². The molecule has 1 N–H and O–H groups in total. The average Bonchev–Trinajstić information content (AvgIpc) is 2.13. The topological polar surface area (TPSA) is 15.8 Å². The van der Waals surface area contributed by atoms with E-state index in [4.69, 9.17) is 0 Å². The SMILES string of the molecule is CC(C)c1c[nH]cc1S. The van der Waals surface area contributed by atoms with Crippen LogP contribution in [0, 0.1) is 0 Å². The third kappa shape index (κ3) is 1.30. The minimum absolute atomic E-state index is 0.573. The zero-order valence-corrected chi connectivity index (χ0v) is 6.57. The van der Waals surface area contributed by atoms with E-state index < -0.39 is 0 Å². The minimum Gasteiger partial charge on any atom is -0.366 e. The maximum absolute atomic E-state index is 4.26.